The van der Waals surface area contributed by atoms with E-state index in [0.29, 0.717) is 35.2 Å². The topological polar surface area (TPSA) is 20.2 Å². The first-order valence-corrected chi connectivity index (χ1v) is 13.5. The summed E-state index contributed by atoms with van der Waals surface area (Å²) in [6.45, 7) is 15.2. The van der Waals surface area contributed by atoms with E-state index < -0.39 is 0 Å². The summed E-state index contributed by atoms with van der Waals surface area (Å²) in [5, 5.41) is 9.47. The van der Waals surface area contributed by atoms with E-state index in [1.54, 1.807) is 0 Å². The fraction of sp³-hybridized carbons (Fsp3) is 0.931. The van der Waals surface area contributed by atoms with Crippen molar-refractivity contribution in [3.05, 3.63) is 12.2 Å². The maximum absolute atomic E-state index is 9.47. The van der Waals surface area contributed by atoms with E-state index in [-0.39, 0.29) is 0 Å². The largest absolute Gasteiger partial charge is 0.396 e. The van der Waals surface area contributed by atoms with Crippen molar-refractivity contribution in [3.63, 3.8) is 0 Å². The second kappa shape index (κ2) is 8.57. The van der Waals surface area contributed by atoms with Crippen molar-refractivity contribution >= 4 is 0 Å². The first kappa shape index (κ1) is 22.9. The van der Waals surface area contributed by atoms with Gasteiger partial charge in [0.2, 0.25) is 0 Å². The van der Waals surface area contributed by atoms with Gasteiger partial charge in [0.1, 0.15) is 0 Å². The van der Waals surface area contributed by atoms with Crippen LogP contribution in [-0.4, -0.2) is 11.7 Å². The molecule has 4 rings (SSSR count). The molecule has 0 bridgehead atoms. The average Bonchev–Trinajstić information content (AvgIpc) is 3.08. The zero-order chi connectivity index (χ0) is 21.7. The maximum atomic E-state index is 9.47. The Hall–Kier alpha value is -0.300. The van der Waals surface area contributed by atoms with Crippen LogP contribution in [0.4, 0.5) is 0 Å². The van der Waals surface area contributed by atoms with Crippen LogP contribution < -0.4 is 0 Å². The predicted octanol–water partition coefficient (Wildman–Crippen LogP) is 7.74. The van der Waals surface area contributed by atoms with Gasteiger partial charge in [-0.1, -0.05) is 66.5 Å². The highest BCUT2D eigenvalue weighted by atomic mass is 16.3. The molecule has 1 N–H and O–H groups in total. The van der Waals surface area contributed by atoms with Crippen molar-refractivity contribution in [3.8, 4) is 0 Å². The minimum Gasteiger partial charge on any atom is -0.396 e. The quantitative estimate of drug-likeness (QED) is 0.456. The van der Waals surface area contributed by atoms with Gasteiger partial charge in [0, 0.05) is 6.61 Å². The van der Waals surface area contributed by atoms with Crippen molar-refractivity contribution in [1.29, 1.82) is 0 Å². The fourth-order valence-corrected chi connectivity index (χ4v) is 9.54. The van der Waals surface area contributed by atoms with Gasteiger partial charge in [0.25, 0.3) is 0 Å². The van der Waals surface area contributed by atoms with Crippen LogP contribution >= 0.6 is 0 Å². The number of rotatable bonds is 5. The molecule has 0 heterocycles. The van der Waals surface area contributed by atoms with Gasteiger partial charge < -0.3 is 5.11 Å². The van der Waals surface area contributed by atoms with Crippen molar-refractivity contribution in [1.82, 2.24) is 0 Å². The minimum atomic E-state index is 0.296. The molecule has 30 heavy (non-hydrogen) atoms. The van der Waals surface area contributed by atoms with Crippen molar-refractivity contribution in [2.24, 2.45) is 64.1 Å². The molecule has 0 aliphatic heterocycles. The van der Waals surface area contributed by atoms with E-state index in [0.717, 1.165) is 35.5 Å². The first-order valence-electron chi connectivity index (χ1n) is 13.5. The predicted molar refractivity (Wildman–Crippen MR) is 128 cm³/mol. The Balaban J connectivity index is 1.49. The Morgan fingerprint density at radius 2 is 1.53 bits per heavy atom. The van der Waals surface area contributed by atoms with Crippen LogP contribution in [0.25, 0.3) is 0 Å². The molecule has 0 radical (unpaired) electrons. The third kappa shape index (κ3) is 3.64. The van der Waals surface area contributed by atoms with Crippen LogP contribution in [0.1, 0.15) is 99.3 Å². The Bertz CT molecular complexity index is 624. The smallest absolute Gasteiger partial charge is 0.0462 e. The van der Waals surface area contributed by atoms with Gasteiger partial charge in [-0.05, 0) is 109 Å². The molecule has 0 amide bonds. The molecule has 4 saturated carbocycles. The Kier molecular flexibility index (Phi) is 6.53. The highest BCUT2D eigenvalue weighted by molar-refractivity contribution is 5.11. The van der Waals surface area contributed by atoms with Gasteiger partial charge in [0.05, 0.1) is 0 Å². The summed E-state index contributed by atoms with van der Waals surface area (Å²) < 4.78 is 0. The lowest BCUT2D eigenvalue weighted by molar-refractivity contribution is -0.126. The van der Waals surface area contributed by atoms with E-state index in [9.17, 15) is 5.11 Å². The first-order chi connectivity index (χ1) is 14.2. The zero-order valence-corrected chi connectivity index (χ0v) is 20.9. The lowest BCUT2D eigenvalue weighted by Crippen LogP contribution is -2.54. The summed E-state index contributed by atoms with van der Waals surface area (Å²) in [5.74, 6) is 7.32. The van der Waals surface area contributed by atoms with Gasteiger partial charge in [-0.25, -0.2) is 0 Å². The molecule has 4 aliphatic rings. The lowest BCUT2D eigenvalue weighted by Gasteiger charge is -2.62. The van der Waals surface area contributed by atoms with Crippen LogP contribution in [0, 0.1) is 64.1 Å². The van der Waals surface area contributed by atoms with E-state index in [2.05, 4.69) is 53.7 Å². The Morgan fingerprint density at radius 3 is 2.27 bits per heavy atom. The summed E-state index contributed by atoms with van der Waals surface area (Å²) in [5.41, 5.74) is 1.20. The van der Waals surface area contributed by atoms with E-state index >= 15 is 0 Å². The third-order valence-corrected chi connectivity index (χ3v) is 11.6. The Labute approximate surface area is 187 Å². The van der Waals surface area contributed by atoms with Crippen LogP contribution in [-0.2, 0) is 0 Å². The SMILES string of the molecule is CC(CO)[C@@H](C)C=C[C@@H](C)[C@H]1CC[C@H]2[C@@H]3CCC4[C@H](C)CCC[C@]4(C)[C@H]3CC[C@]12C. The molecule has 4 aliphatic carbocycles. The second-order valence-corrected chi connectivity index (χ2v) is 12.9. The highest BCUT2D eigenvalue weighted by Gasteiger charge is 2.60. The number of aliphatic hydroxyl groups is 1. The molecule has 11 atom stereocenters. The molecule has 0 aromatic rings. The van der Waals surface area contributed by atoms with Crippen molar-refractivity contribution in [2.45, 2.75) is 99.3 Å². The highest BCUT2D eigenvalue weighted by Crippen LogP contribution is 2.68. The molecular weight excluding hydrogens is 364 g/mol. The molecule has 4 fully saturated rings. The van der Waals surface area contributed by atoms with Gasteiger partial charge in [-0.2, -0.15) is 0 Å². The molecule has 1 nitrogen and oxygen atoms in total. The van der Waals surface area contributed by atoms with Crippen LogP contribution in [0.3, 0.4) is 0 Å². The lowest BCUT2D eigenvalue weighted by atomic mass is 9.43. The zero-order valence-electron chi connectivity index (χ0n) is 20.9. The third-order valence-electron chi connectivity index (χ3n) is 11.6. The van der Waals surface area contributed by atoms with Crippen LogP contribution in [0.15, 0.2) is 12.2 Å². The molecular formula is C29H50O. The fourth-order valence-electron chi connectivity index (χ4n) is 9.54. The summed E-state index contributed by atoms with van der Waals surface area (Å²) in [4.78, 5) is 0. The van der Waals surface area contributed by atoms with E-state index in [1.165, 1.54) is 57.8 Å². The summed E-state index contributed by atoms with van der Waals surface area (Å²) in [6, 6.07) is 0. The average molecular weight is 415 g/mol. The molecule has 0 aromatic heterocycles. The normalized spacial score (nSPS) is 49.2. The molecule has 0 aromatic carbocycles. The van der Waals surface area contributed by atoms with Crippen LogP contribution in [0.2, 0.25) is 0 Å². The van der Waals surface area contributed by atoms with Gasteiger partial charge in [0.15, 0.2) is 0 Å². The molecule has 1 heteroatoms. The second-order valence-electron chi connectivity index (χ2n) is 12.9. The van der Waals surface area contributed by atoms with Crippen molar-refractivity contribution < 1.29 is 5.11 Å². The standard InChI is InChI=1S/C29H50O/c1-19(22(4)18-30)9-10-21(3)25-13-14-26-23-11-12-24-20(2)8-7-16-28(24,5)27(23)15-17-29(25,26)6/h9-10,19-27,30H,7-8,11-18H2,1-6H3/t19-,20+,21+,22?,23-,24?,25+,26-,27-,28-,29+/m0/s1. The molecule has 2 unspecified atom stereocenters. The number of aliphatic hydroxyl groups excluding tert-OH is 1. The number of fused-ring (bicyclic) bond motifs is 5. The van der Waals surface area contributed by atoms with Crippen molar-refractivity contribution in [2.75, 3.05) is 6.61 Å². The monoisotopic (exact) mass is 414 g/mol. The summed E-state index contributed by atoms with van der Waals surface area (Å²) >= 11 is 0. The molecule has 0 spiro atoms. The van der Waals surface area contributed by atoms with Gasteiger partial charge >= 0.3 is 0 Å². The maximum Gasteiger partial charge on any atom is 0.0462 e. The molecule has 0 saturated heterocycles. The van der Waals surface area contributed by atoms with Gasteiger partial charge in [-0.15, -0.1) is 0 Å². The number of hydrogen-bond acceptors (Lipinski definition) is 1. The summed E-state index contributed by atoms with van der Waals surface area (Å²) in [7, 11) is 0. The van der Waals surface area contributed by atoms with Gasteiger partial charge in [-0.3, -0.25) is 0 Å². The summed E-state index contributed by atoms with van der Waals surface area (Å²) in [6.07, 6.45) is 18.3. The Morgan fingerprint density at radius 1 is 0.833 bits per heavy atom. The van der Waals surface area contributed by atoms with E-state index in [1.807, 2.05) is 0 Å². The minimum absolute atomic E-state index is 0.296. The van der Waals surface area contributed by atoms with Crippen LogP contribution in [0.5, 0.6) is 0 Å². The van der Waals surface area contributed by atoms with E-state index in [4.69, 9.17) is 0 Å². The number of allylic oxidation sites excluding steroid dienone is 2. The molecule has 172 valence electrons. The number of hydrogen-bond donors (Lipinski definition) is 1.